The lowest BCUT2D eigenvalue weighted by Gasteiger charge is -2.32. The molecule has 1 unspecified atom stereocenters. The molecule has 1 heterocycles. The molecule has 3 aromatic carbocycles. The van der Waals surface area contributed by atoms with Gasteiger partial charge in [0, 0.05) is 23.7 Å². The summed E-state index contributed by atoms with van der Waals surface area (Å²) < 4.78 is 2.27. The molecule has 0 spiro atoms. The van der Waals surface area contributed by atoms with Gasteiger partial charge in [0.15, 0.2) is 0 Å². The van der Waals surface area contributed by atoms with Crippen LogP contribution >= 0.6 is 11.6 Å². The van der Waals surface area contributed by atoms with Gasteiger partial charge >= 0.3 is 0 Å². The Hall–Kier alpha value is -3.15. The van der Waals surface area contributed by atoms with E-state index in [1.165, 1.54) is 5.56 Å². The highest BCUT2D eigenvalue weighted by atomic mass is 35.5. The van der Waals surface area contributed by atoms with Gasteiger partial charge < -0.3 is 14.4 Å². The monoisotopic (exact) mass is 488 g/mol. The van der Waals surface area contributed by atoms with Crippen molar-refractivity contribution in [1.82, 2.24) is 19.4 Å². The Kier molecular flexibility index (Phi) is 8.21. The van der Waals surface area contributed by atoms with Crippen LogP contribution in [0.5, 0.6) is 0 Å². The summed E-state index contributed by atoms with van der Waals surface area (Å²) in [6, 6.07) is 25.6. The lowest BCUT2D eigenvalue weighted by molar-refractivity contribution is 0.0651. The molecule has 0 N–H and O–H groups in total. The van der Waals surface area contributed by atoms with Gasteiger partial charge in [0.25, 0.3) is 5.91 Å². The van der Waals surface area contributed by atoms with Crippen LogP contribution in [0.25, 0.3) is 11.0 Å². The standard InChI is InChI=1S/C29H33ClN4O/c1-4-26(33(20-10-19-32(2)3)29(35)23-15-17-24(30)18-16-23)28-31-25-13-8-9-14-27(25)34(28)21-22-11-6-5-7-12-22/h5-9,11-18,26H,4,10,19-21H2,1-3H3. The van der Waals surface area contributed by atoms with Gasteiger partial charge in [0.1, 0.15) is 5.82 Å². The molecule has 1 amide bonds. The third-order valence-corrected chi connectivity index (χ3v) is 6.54. The van der Waals surface area contributed by atoms with E-state index in [4.69, 9.17) is 16.6 Å². The second-order valence-electron chi connectivity index (χ2n) is 9.12. The number of para-hydroxylation sites is 2. The third-order valence-electron chi connectivity index (χ3n) is 6.28. The molecule has 0 aliphatic heterocycles. The maximum absolute atomic E-state index is 13.8. The van der Waals surface area contributed by atoms with Crippen molar-refractivity contribution in [2.75, 3.05) is 27.2 Å². The Morgan fingerprint density at radius 2 is 1.63 bits per heavy atom. The van der Waals surface area contributed by atoms with Crippen LogP contribution in [0.3, 0.4) is 0 Å². The van der Waals surface area contributed by atoms with E-state index >= 15 is 0 Å². The van der Waals surface area contributed by atoms with Crippen molar-refractivity contribution < 1.29 is 4.79 Å². The zero-order valence-electron chi connectivity index (χ0n) is 20.7. The summed E-state index contributed by atoms with van der Waals surface area (Å²) in [4.78, 5) is 23.0. The zero-order valence-corrected chi connectivity index (χ0v) is 21.4. The Labute approximate surface area is 212 Å². The van der Waals surface area contributed by atoms with Crippen LogP contribution in [-0.2, 0) is 6.54 Å². The van der Waals surface area contributed by atoms with Gasteiger partial charge in [0.2, 0.25) is 0 Å². The van der Waals surface area contributed by atoms with Gasteiger partial charge in [-0.3, -0.25) is 4.79 Å². The SMILES string of the molecule is CCC(c1nc2ccccc2n1Cc1ccccc1)N(CCCN(C)C)C(=O)c1ccc(Cl)cc1. The Bertz CT molecular complexity index is 1250. The number of carbonyl (C=O) groups excluding carboxylic acids is 1. The highest BCUT2D eigenvalue weighted by Gasteiger charge is 2.29. The minimum absolute atomic E-state index is 0.00518. The summed E-state index contributed by atoms with van der Waals surface area (Å²) in [6.45, 7) is 4.38. The number of hydrogen-bond donors (Lipinski definition) is 0. The quantitative estimate of drug-likeness (QED) is 0.263. The summed E-state index contributed by atoms with van der Waals surface area (Å²) in [5.41, 5.74) is 3.87. The fourth-order valence-electron chi connectivity index (χ4n) is 4.54. The molecule has 0 bridgehead atoms. The van der Waals surface area contributed by atoms with E-state index in [0.29, 0.717) is 23.7 Å². The van der Waals surface area contributed by atoms with E-state index in [-0.39, 0.29) is 11.9 Å². The molecular weight excluding hydrogens is 456 g/mol. The molecular formula is C29H33ClN4O. The smallest absolute Gasteiger partial charge is 0.254 e. The van der Waals surface area contributed by atoms with E-state index in [0.717, 1.165) is 36.2 Å². The number of halogens is 1. The van der Waals surface area contributed by atoms with Crippen molar-refractivity contribution in [3.63, 3.8) is 0 Å². The summed E-state index contributed by atoms with van der Waals surface area (Å²) in [5.74, 6) is 0.926. The van der Waals surface area contributed by atoms with Crippen molar-refractivity contribution in [3.05, 3.63) is 101 Å². The van der Waals surface area contributed by atoms with E-state index in [2.05, 4.69) is 60.8 Å². The van der Waals surface area contributed by atoms with Crippen LogP contribution in [0.4, 0.5) is 0 Å². The lowest BCUT2D eigenvalue weighted by atomic mass is 10.1. The molecule has 0 aliphatic carbocycles. The second-order valence-corrected chi connectivity index (χ2v) is 9.55. The van der Waals surface area contributed by atoms with Crippen LogP contribution in [0, 0.1) is 0 Å². The lowest BCUT2D eigenvalue weighted by Crippen LogP contribution is -2.38. The predicted molar refractivity (Wildman–Crippen MR) is 144 cm³/mol. The zero-order chi connectivity index (χ0) is 24.8. The number of amides is 1. The van der Waals surface area contributed by atoms with Crippen molar-refractivity contribution in [2.24, 2.45) is 0 Å². The number of nitrogens with zero attached hydrogens (tertiary/aromatic N) is 4. The molecule has 182 valence electrons. The first kappa shape index (κ1) is 25.0. The molecule has 0 fully saturated rings. The number of aromatic nitrogens is 2. The van der Waals surface area contributed by atoms with Crippen molar-refractivity contribution in [3.8, 4) is 0 Å². The topological polar surface area (TPSA) is 41.4 Å². The third kappa shape index (κ3) is 5.92. The molecule has 0 radical (unpaired) electrons. The predicted octanol–water partition coefficient (Wildman–Crippen LogP) is 6.28. The average molecular weight is 489 g/mol. The summed E-state index contributed by atoms with van der Waals surface area (Å²) in [5, 5.41) is 0.623. The largest absolute Gasteiger partial charge is 0.328 e. The van der Waals surface area contributed by atoms with E-state index in [1.807, 2.05) is 41.3 Å². The number of hydrogen-bond acceptors (Lipinski definition) is 3. The van der Waals surface area contributed by atoms with E-state index in [9.17, 15) is 4.79 Å². The number of fused-ring (bicyclic) bond motifs is 1. The van der Waals surface area contributed by atoms with E-state index < -0.39 is 0 Å². The number of carbonyl (C=O) groups is 1. The van der Waals surface area contributed by atoms with Gasteiger partial charge in [-0.05, 0) is 75.4 Å². The normalized spacial score (nSPS) is 12.3. The van der Waals surface area contributed by atoms with Gasteiger partial charge in [-0.2, -0.15) is 0 Å². The molecule has 6 heteroatoms. The molecule has 4 rings (SSSR count). The van der Waals surface area contributed by atoms with Crippen LogP contribution in [0.1, 0.15) is 47.6 Å². The molecule has 5 nitrogen and oxygen atoms in total. The van der Waals surface area contributed by atoms with Crippen molar-refractivity contribution in [1.29, 1.82) is 0 Å². The number of rotatable bonds is 10. The molecule has 0 aliphatic rings. The first-order valence-corrected chi connectivity index (χ1v) is 12.6. The first-order chi connectivity index (χ1) is 17.0. The first-order valence-electron chi connectivity index (χ1n) is 12.2. The minimum atomic E-state index is -0.156. The second kappa shape index (κ2) is 11.5. The molecule has 1 aromatic heterocycles. The Morgan fingerprint density at radius 3 is 2.31 bits per heavy atom. The Balaban J connectivity index is 1.77. The number of imidazole rings is 1. The average Bonchev–Trinajstić information content (AvgIpc) is 3.22. The van der Waals surface area contributed by atoms with E-state index in [1.54, 1.807) is 12.1 Å². The molecule has 0 saturated heterocycles. The fourth-order valence-corrected chi connectivity index (χ4v) is 4.66. The minimum Gasteiger partial charge on any atom is -0.328 e. The number of benzene rings is 3. The highest BCUT2D eigenvalue weighted by molar-refractivity contribution is 6.30. The molecule has 0 saturated carbocycles. The van der Waals surface area contributed by atoms with Crippen molar-refractivity contribution >= 4 is 28.5 Å². The van der Waals surface area contributed by atoms with Crippen molar-refractivity contribution in [2.45, 2.75) is 32.4 Å². The van der Waals surface area contributed by atoms with Gasteiger partial charge in [-0.15, -0.1) is 0 Å². The van der Waals surface area contributed by atoms with Crippen LogP contribution in [-0.4, -0.2) is 52.4 Å². The fraction of sp³-hybridized carbons (Fsp3) is 0.310. The molecule has 4 aromatic rings. The highest BCUT2D eigenvalue weighted by Crippen LogP contribution is 2.30. The van der Waals surface area contributed by atoms with Crippen LogP contribution in [0.2, 0.25) is 5.02 Å². The summed E-state index contributed by atoms with van der Waals surface area (Å²) >= 11 is 6.10. The molecule has 35 heavy (non-hydrogen) atoms. The Morgan fingerprint density at radius 1 is 0.943 bits per heavy atom. The van der Waals surface area contributed by atoms with Gasteiger partial charge in [-0.1, -0.05) is 61.0 Å². The molecule has 1 atom stereocenters. The maximum Gasteiger partial charge on any atom is 0.254 e. The van der Waals surface area contributed by atoms with Crippen LogP contribution in [0.15, 0.2) is 78.9 Å². The van der Waals surface area contributed by atoms with Crippen LogP contribution < -0.4 is 0 Å². The summed E-state index contributed by atoms with van der Waals surface area (Å²) in [6.07, 6.45) is 1.64. The summed E-state index contributed by atoms with van der Waals surface area (Å²) in [7, 11) is 4.11. The van der Waals surface area contributed by atoms with Gasteiger partial charge in [-0.25, -0.2) is 4.98 Å². The maximum atomic E-state index is 13.8. The van der Waals surface area contributed by atoms with Gasteiger partial charge in [0.05, 0.1) is 17.1 Å².